The second-order valence-corrected chi connectivity index (χ2v) is 6.34. The average molecular weight is 463 g/mol. The first-order chi connectivity index (χ1) is 15.2. The molecule has 12 heteroatoms. The predicted molar refractivity (Wildman–Crippen MR) is 112 cm³/mol. The average Bonchev–Trinajstić information content (AvgIpc) is 3.33. The Kier molecular flexibility index (Phi) is 8.02. The van der Waals surface area contributed by atoms with Crippen LogP contribution in [-0.4, -0.2) is 36.0 Å². The summed E-state index contributed by atoms with van der Waals surface area (Å²) < 4.78 is 13.8. The van der Waals surface area contributed by atoms with Crippen LogP contribution in [0.5, 0.6) is 0 Å². The highest BCUT2D eigenvalue weighted by molar-refractivity contribution is 6.31. The third kappa shape index (κ3) is 5.67. The van der Waals surface area contributed by atoms with Gasteiger partial charge < -0.3 is 13.9 Å². The molecular weight excluding hydrogens is 448 g/mol. The van der Waals surface area contributed by atoms with Crippen LogP contribution in [0.15, 0.2) is 59.4 Å². The molecule has 166 valence electrons. The summed E-state index contributed by atoms with van der Waals surface area (Å²) in [6.45, 7) is 0. The van der Waals surface area contributed by atoms with E-state index < -0.39 is 21.8 Å². The number of furan rings is 1. The van der Waals surface area contributed by atoms with Crippen LogP contribution in [0.4, 0.5) is 11.4 Å². The van der Waals surface area contributed by atoms with Crippen LogP contribution in [0.3, 0.4) is 0 Å². The maximum Gasteiger partial charge on any atom is 0.344 e. The Morgan fingerprint density at radius 1 is 0.844 bits per heavy atom. The van der Waals surface area contributed by atoms with E-state index in [0.29, 0.717) is 11.1 Å². The molecule has 3 rings (SSSR count). The molecule has 0 N–H and O–H groups in total. The molecule has 0 unspecified atom stereocenters. The van der Waals surface area contributed by atoms with Gasteiger partial charge in [-0.1, -0.05) is 17.7 Å². The lowest BCUT2D eigenvalue weighted by Gasteiger charge is -2.03. The van der Waals surface area contributed by atoms with Gasteiger partial charge in [-0.15, -0.1) is 0 Å². The predicted octanol–water partition coefficient (Wildman–Crippen LogP) is 4.68. The van der Waals surface area contributed by atoms with Gasteiger partial charge in [-0.2, -0.15) is 0 Å². The van der Waals surface area contributed by atoms with Crippen LogP contribution in [0.1, 0.15) is 20.7 Å². The molecule has 2 aromatic carbocycles. The van der Waals surface area contributed by atoms with E-state index in [0.717, 1.165) is 13.2 Å². The van der Waals surface area contributed by atoms with Gasteiger partial charge in [0.15, 0.2) is 0 Å². The lowest BCUT2D eigenvalue weighted by Crippen LogP contribution is -2.05. The molecule has 0 radical (unpaired) electrons. The molecule has 0 saturated heterocycles. The second-order valence-electron chi connectivity index (χ2n) is 5.90. The van der Waals surface area contributed by atoms with E-state index in [-0.39, 0.29) is 27.5 Å². The number of methoxy groups -OCH3 is 2. The standard InChI is InChI=1S/C12H9NO5.C8H6ClNO4/c1-17-12(14)10-3-2-8(6-11(10)13(15)16)9-4-5-18-7-9;1-14-8(11)6-3-2-5(9)4-7(6)10(12)13/h2-7H,1H3;2-4H,1H3. The van der Waals surface area contributed by atoms with Crippen molar-refractivity contribution in [1.82, 2.24) is 0 Å². The Labute approximate surface area is 185 Å². The lowest BCUT2D eigenvalue weighted by molar-refractivity contribution is -0.385. The molecule has 0 aliphatic carbocycles. The molecule has 0 bridgehead atoms. The number of halogens is 1. The van der Waals surface area contributed by atoms with E-state index in [2.05, 4.69) is 9.47 Å². The van der Waals surface area contributed by atoms with Crippen molar-refractivity contribution in [2.75, 3.05) is 14.2 Å². The van der Waals surface area contributed by atoms with Crippen LogP contribution in [0.25, 0.3) is 11.1 Å². The largest absolute Gasteiger partial charge is 0.472 e. The number of nitro benzene ring substituents is 2. The summed E-state index contributed by atoms with van der Waals surface area (Å²) in [5, 5.41) is 21.7. The van der Waals surface area contributed by atoms with Crippen LogP contribution in [0, 0.1) is 20.2 Å². The Balaban J connectivity index is 0.000000235. The maximum absolute atomic E-state index is 11.4. The number of carbonyl (C=O) groups is 2. The van der Waals surface area contributed by atoms with Crippen molar-refractivity contribution in [3.63, 3.8) is 0 Å². The molecule has 0 fully saturated rings. The van der Waals surface area contributed by atoms with Crippen molar-refractivity contribution >= 4 is 34.9 Å². The van der Waals surface area contributed by atoms with Gasteiger partial charge in [0.05, 0.1) is 36.6 Å². The number of hydrogen-bond donors (Lipinski definition) is 0. The highest BCUT2D eigenvalue weighted by Crippen LogP contribution is 2.28. The SMILES string of the molecule is COC(=O)c1ccc(-c2ccoc2)cc1[N+](=O)[O-].COC(=O)c1ccc(Cl)cc1[N+](=O)[O-]. The zero-order valence-corrected chi connectivity index (χ0v) is 17.4. The maximum atomic E-state index is 11.4. The van der Waals surface area contributed by atoms with E-state index in [1.54, 1.807) is 12.1 Å². The number of hydrogen-bond acceptors (Lipinski definition) is 9. The lowest BCUT2D eigenvalue weighted by atomic mass is 10.0. The fourth-order valence-corrected chi connectivity index (χ4v) is 2.68. The summed E-state index contributed by atoms with van der Waals surface area (Å²) in [5.41, 5.74) is 0.471. The fraction of sp³-hybridized carbons (Fsp3) is 0.100. The van der Waals surface area contributed by atoms with Crippen molar-refractivity contribution < 1.29 is 33.3 Å². The zero-order valence-electron chi connectivity index (χ0n) is 16.6. The second kappa shape index (κ2) is 10.7. The first-order valence-corrected chi connectivity index (χ1v) is 8.99. The van der Waals surface area contributed by atoms with E-state index in [9.17, 15) is 29.8 Å². The highest BCUT2D eigenvalue weighted by atomic mass is 35.5. The van der Waals surface area contributed by atoms with Crippen molar-refractivity contribution in [2.45, 2.75) is 0 Å². The number of ether oxygens (including phenoxy) is 2. The van der Waals surface area contributed by atoms with E-state index in [1.165, 1.54) is 43.9 Å². The fourth-order valence-electron chi connectivity index (χ4n) is 2.51. The van der Waals surface area contributed by atoms with Crippen LogP contribution >= 0.6 is 11.6 Å². The molecule has 0 saturated carbocycles. The highest BCUT2D eigenvalue weighted by Gasteiger charge is 2.22. The quantitative estimate of drug-likeness (QED) is 0.299. The van der Waals surface area contributed by atoms with E-state index >= 15 is 0 Å². The summed E-state index contributed by atoms with van der Waals surface area (Å²) in [5.74, 6) is -1.49. The molecule has 0 amide bonds. The monoisotopic (exact) mass is 462 g/mol. The minimum atomic E-state index is -0.756. The molecule has 0 aliphatic rings. The van der Waals surface area contributed by atoms with Gasteiger partial charge in [-0.25, -0.2) is 9.59 Å². The number of nitro groups is 2. The van der Waals surface area contributed by atoms with Gasteiger partial charge >= 0.3 is 11.9 Å². The summed E-state index contributed by atoms with van der Waals surface area (Å²) in [4.78, 5) is 42.6. The first kappa shape index (κ1) is 24.0. The van der Waals surface area contributed by atoms with Crippen LogP contribution in [0.2, 0.25) is 5.02 Å². The number of esters is 2. The summed E-state index contributed by atoms with van der Waals surface area (Å²) in [7, 11) is 2.33. The van der Waals surface area contributed by atoms with Crippen molar-refractivity contribution in [3.8, 4) is 11.1 Å². The van der Waals surface area contributed by atoms with Gasteiger partial charge in [0.1, 0.15) is 11.1 Å². The van der Waals surface area contributed by atoms with E-state index in [4.69, 9.17) is 16.0 Å². The van der Waals surface area contributed by atoms with Crippen molar-refractivity contribution in [2.24, 2.45) is 0 Å². The molecule has 0 atom stereocenters. The van der Waals surface area contributed by atoms with E-state index in [1.807, 2.05) is 0 Å². The molecule has 0 spiro atoms. The normalized spacial score (nSPS) is 9.84. The van der Waals surface area contributed by atoms with Gasteiger partial charge in [0.25, 0.3) is 11.4 Å². The Bertz CT molecular complexity index is 1160. The minimum Gasteiger partial charge on any atom is -0.472 e. The number of carbonyl (C=O) groups excluding carboxylic acids is 2. The molecule has 1 heterocycles. The Morgan fingerprint density at radius 2 is 1.38 bits per heavy atom. The minimum absolute atomic E-state index is 0.0743. The molecule has 3 aromatic rings. The third-order valence-corrected chi connectivity index (χ3v) is 4.25. The Hall–Kier alpha value is -4.25. The number of rotatable bonds is 5. The Morgan fingerprint density at radius 3 is 1.84 bits per heavy atom. The summed E-state index contributed by atoms with van der Waals surface area (Å²) >= 11 is 5.55. The third-order valence-electron chi connectivity index (χ3n) is 4.02. The zero-order chi connectivity index (χ0) is 23.8. The molecule has 1 aromatic heterocycles. The number of nitrogens with zero attached hydrogens (tertiary/aromatic N) is 2. The first-order valence-electron chi connectivity index (χ1n) is 8.61. The van der Waals surface area contributed by atoms with Crippen molar-refractivity contribution in [3.05, 3.63) is 91.4 Å². The smallest absolute Gasteiger partial charge is 0.344 e. The van der Waals surface area contributed by atoms with Crippen LogP contribution in [-0.2, 0) is 9.47 Å². The van der Waals surface area contributed by atoms with Crippen LogP contribution < -0.4 is 0 Å². The topological polar surface area (TPSA) is 152 Å². The van der Waals surface area contributed by atoms with Crippen molar-refractivity contribution in [1.29, 1.82) is 0 Å². The molecule has 11 nitrogen and oxygen atoms in total. The van der Waals surface area contributed by atoms with Gasteiger partial charge in [-0.05, 0) is 29.8 Å². The molecule has 32 heavy (non-hydrogen) atoms. The summed E-state index contributed by atoms with van der Waals surface area (Å²) in [6.07, 6.45) is 2.94. The van der Waals surface area contributed by atoms with Gasteiger partial charge in [-0.3, -0.25) is 20.2 Å². The molecule has 0 aliphatic heterocycles. The van der Waals surface area contributed by atoms with Gasteiger partial charge in [0.2, 0.25) is 0 Å². The van der Waals surface area contributed by atoms with Gasteiger partial charge in [0, 0.05) is 22.7 Å². The number of benzene rings is 2. The molecular formula is C20H15ClN2O9. The summed E-state index contributed by atoms with van der Waals surface area (Å²) in [6, 6.07) is 9.71.